The molecule has 1 aliphatic heterocycles. The van der Waals surface area contributed by atoms with Crippen LogP contribution < -0.4 is 10.4 Å². The summed E-state index contributed by atoms with van der Waals surface area (Å²) in [6.07, 6.45) is -0.262. The van der Waals surface area contributed by atoms with Crippen LogP contribution >= 0.6 is 0 Å². The SMILES string of the molecule is CC(On1c(-c2ccccc2)nc2ccccc2c1=O)N1CCOCC1. The average Bonchev–Trinajstić information content (AvgIpc) is 2.71. The first-order valence-electron chi connectivity index (χ1n) is 8.80. The summed E-state index contributed by atoms with van der Waals surface area (Å²) in [6, 6.07) is 17.0. The van der Waals surface area contributed by atoms with Crippen LogP contribution in [0.1, 0.15) is 6.92 Å². The van der Waals surface area contributed by atoms with Gasteiger partial charge in [-0.3, -0.25) is 9.69 Å². The zero-order chi connectivity index (χ0) is 17.9. The van der Waals surface area contributed by atoms with Crippen LogP contribution in [0, 0.1) is 0 Å². The van der Waals surface area contributed by atoms with Crippen molar-refractivity contribution in [3.63, 3.8) is 0 Å². The molecule has 1 unspecified atom stereocenters. The van der Waals surface area contributed by atoms with Crippen LogP contribution in [0.25, 0.3) is 22.3 Å². The quantitative estimate of drug-likeness (QED) is 0.721. The number of rotatable bonds is 4. The Balaban J connectivity index is 1.80. The van der Waals surface area contributed by atoms with Gasteiger partial charge in [-0.05, 0) is 19.1 Å². The second kappa shape index (κ2) is 7.27. The molecular formula is C20H21N3O3. The molecule has 0 aliphatic carbocycles. The number of morpholine rings is 1. The van der Waals surface area contributed by atoms with E-state index in [0.29, 0.717) is 29.9 Å². The number of hydrogen-bond acceptors (Lipinski definition) is 5. The van der Waals surface area contributed by atoms with Gasteiger partial charge < -0.3 is 9.57 Å². The molecule has 1 aliphatic rings. The number of aromatic nitrogens is 2. The molecule has 6 nitrogen and oxygen atoms in total. The minimum absolute atomic E-state index is 0.199. The smallest absolute Gasteiger partial charge is 0.294 e. The van der Waals surface area contributed by atoms with Crippen molar-refractivity contribution in [3.05, 3.63) is 65.0 Å². The number of para-hydroxylation sites is 1. The molecule has 6 heteroatoms. The second-order valence-corrected chi connectivity index (χ2v) is 6.27. The molecule has 0 radical (unpaired) electrons. The van der Waals surface area contributed by atoms with E-state index in [1.807, 2.05) is 55.5 Å². The lowest BCUT2D eigenvalue weighted by molar-refractivity contribution is -0.0920. The van der Waals surface area contributed by atoms with Gasteiger partial charge in [-0.15, -0.1) is 4.73 Å². The third-order valence-electron chi connectivity index (χ3n) is 4.59. The molecule has 1 aromatic heterocycles. The van der Waals surface area contributed by atoms with Crippen molar-refractivity contribution < 1.29 is 9.57 Å². The number of benzene rings is 2. The number of fused-ring (bicyclic) bond motifs is 1. The van der Waals surface area contributed by atoms with Crippen molar-refractivity contribution in [2.24, 2.45) is 0 Å². The summed E-state index contributed by atoms with van der Waals surface area (Å²) in [7, 11) is 0. The summed E-state index contributed by atoms with van der Waals surface area (Å²) >= 11 is 0. The van der Waals surface area contributed by atoms with E-state index in [0.717, 1.165) is 18.7 Å². The van der Waals surface area contributed by atoms with Crippen molar-refractivity contribution in [1.82, 2.24) is 14.6 Å². The largest absolute Gasteiger partial charge is 0.390 e. The van der Waals surface area contributed by atoms with Crippen LogP contribution in [0.2, 0.25) is 0 Å². The lowest BCUT2D eigenvalue weighted by atomic mass is 10.2. The van der Waals surface area contributed by atoms with Crippen LogP contribution in [0.3, 0.4) is 0 Å². The predicted octanol–water partition coefficient (Wildman–Crippen LogP) is 2.17. The normalized spacial score (nSPS) is 16.5. The van der Waals surface area contributed by atoms with Gasteiger partial charge in [-0.25, -0.2) is 4.98 Å². The fraction of sp³-hybridized carbons (Fsp3) is 0.300. The summed E-state index contributed by atoms with van der Waals surface area (Å²) in [5, 5.41) is 0.543. The zero-order valence-electron chi connectivity index (χ0n) is 14.7. The summed E-state index contributed by atoms with van der Waals surface area (Å²) in [6.45, 7) is 4.84. The van der Waals surface area contributed by atoms with E-state index in [2.05, 4.69) is 4.90 Å². The van der Waals surface area contributed by atoms with Crippen LogP contribution in [0.5, 0.6) is 0 Å². The Kier molecular flexibility index (Phi) is 4.69. The van der Waals surface area contributed by atoms with Crippen molar-refractivity contribution in [2.45, 2.75) is 13.2 Å². The van der Waals surface area contributed by atoms with Gasteiger partial charge in [-0.1, -0.05) is 42.5 Å². The molecule has 1 atom stereocenters. The van der Waals surface area contributed by atoms with Gasteiger partial charge in [0.05, 0.1) is 24.1 Å². The summed E-state index contributed by atoms with van der Waals surface area (Å²) in [5.41, 5.74) is 1.30. The maximum Gasteiger partial charge on any atom is 0.294 e. The highest BCUT2D eigenvalue weighted by atomic mass is 16.7. The molecule has 0 N–H and O–H groups in total. The fourth-order valence-electron chi connectivity index (χ4n) is 3.14. The molecule has 1 fully saturated rings. The van der Waals surface area contributed by atoms with Crippen LogP contribution in [0.4, 0.5) is 0 Å². The monoisotopic (exact) mass is 351 g/mol. The van der Waals surface area contributed by atoms with E-state index < -0.39 is 0 Å². The second-order valence-electron chi connectivity index (χ2n) is 6.27. The van der Waals surface area contributed by atoms with Crippen LogP contribution in [-0.4, -0.2) is 47.1 Å². The summed E-state index contributed by atoms with van der Waals surface area (Å²) in [4.78, 5) is 26.0. The maximum absolute atomic E-state index is 13.1. The van der Waals surface area contributed by atoms with E-state index in [4.69, 9.17) is 14.6 Å². The Labute approximate surface area is 151 Å². The predicted molar refractivity (Wildman–Crippen MR) is 99.9 cm³/mol. The van der Waals surface area contributed by atoms with Gasteiger partial charge in [0.1, 0.15) is 0 Å². The highest BCUT2D eigenvalue weighted by Crippen LogP contribution is 2.18. The van der Waals surface area contributed by atoms with Gasteiger partial charge in [-0.2, -0.15) is 0 Å². The van der Waals surface area contributed by atoms with Crippen molar-refractivity contribution >= 4 is 10.9 Å². The molecule has 0 bridgehead atoms. The lowest BCUT2D eigenvalue weighted by Crippen LogP contribution is -2.48. The van der Waals surface area contributed by atoms with Gasteiger partial charge in [0.2, 0.25) is 0 Å². The van der Waals surface area contributed by atoms with Crippen LogP contribution in [-0.2, 0) is 4.74 Å². The summed E-state index contributed by atoms with van der Waals surface area (Å²) in [5.74, 6) is 0.509. The molecule has 4 rings (SSSR count). The van der Waals surface area contributed by atoms with E-state index in [1.54, 1.807) is 6.07 Å². The first-order valence-corrected chi connectivity index (χ1v) is 8.80. The Morgan fingerprint density at radius 3 is 2.50 bits per heavy atom. The fourth-order valence-corrected chi connectivity index (χ4v) is 3.14. The zero-order valence-corrected chi connectivity index (χ0v) is 14.7. The Hall–Kier alpha value is -2.70. The average molecular weight is 351 g/mol. The minimum Gasteiger partial charge on any atom is -0.390 e. The highest BCUT2D eigenvalue weighted by molar-refractivity contribution is 5.79. The van der Waals surface area contributed by atoms with Gasteiger partial charge in [0.25, 0.3) is 5.56 Å². The molecule has 0 amide bonds. The molecule has 3 aromatic rings. The molecule has 2 heterocycles. The molecular weight excluding hydrogens is 330 g/mol. The topological polar surface area (TPSA) is 56.6 Å². The molecule has 2 aromatic carbocycles. The molecule has 134 valence electrons. The van der Waals surface area contributed by atoms with E-state index >= 15 is 0 Å². The maximum atomic E-state index is 13.1. The Morgan fingerprint density at radius 1 is 1.04 bits per heavy atom. The van der Waals surface area contributed by atoms with Crippen LogP contribution in [0.15, 0.2) is 59.4 Å². The molecule has 0 saturated carbocycles. The molecule has 1 saturated heterocycles. The lowest BCUT2D eigenvalue weighted by Gasteiger charge is -2.32. The van der Waals surface area contributed by atoms with Crippen molar-refractivity contribution in [2.75, 3.05) is 26.3 Å². The molecule has 26 heavy (non-hydrogen) atoms. The first kappa shape index (κ1) is 16.8. The number of nitrogens with zero attached hydrogens (tertiary/aromatic N) is 3. The summed E-state index contributed by atoms with van der Waals surface area (Å²) < 4.78 is 6.73. The van der Waals surface area contributed by atoms with Gasteiger partial charge in [0.15, 0.2) is 12.1 Å². The number of ether oxygens (including phenoxy) is 1. The molecule has 0 spiro atoms. The standard InChI is InChI=1S/C20H21N3O3/c1-15(22-11-13-25-14-12-22)26-23-19(16-7-3-2-4-8-16)21-18-10-6-5-9-17(18)20(23)24/h2-10,15H,11-14H2,1H3. The highest BCUT2D eigenvalue weighted by Gasteiger charge is 2.21. The first-order chi connectivity index (χ1) is 12.7. The van der Waals surface area contributed by atoms with E-state index in [-0.39, 0.29) is 11.8 Å². The number of hydrogen-bond donors (Lipinski definition) is 0. The van der Waals surface area contributed by atoms with Gasteiger partial charge >= 0.3 is 0 Å². The Morgan fingerprint density at radius 2 is 1.73 bits per heavy atom. The van der Waals surface area contributed by atoms with E-state index in [9.17, 15) is 4.79 Å². The minimum atomic E-state index is -0.262. The third kappa shape index (κ3) is 3.21. The van der Waals surface area contributed by atoms with E-state index in [1.165, 1.54) is 4.73 Å². The van der Waals surface area contributed by atoms with Crippen molar-refractivity contribution in [3.8, 4) is 11.4 Å². The van der Waals surface area contributed by atoms with Gasteiger partial charge in [0, 0.05) is 18.7 Å². The third-order valence-corrected chi connectivity index (χ3v) is 4.59. The Bertz CT molecular complexity index is 949. The van der Waals surface area contributed by atoms with Crippen molar-refractivity contribution in [1.29, 1.82) is 0 Å².